The minimum Gasteiger partial charge on any atom is -0.391 e. The number of hydrogen-bond donors (Lipinski definition) is 1. The molecule has 0 saturated carbocycles. The molecule has 0 spiro atoms. The molecule has 0 saturated heterocycles. The van der Waals surface area contributed by atoms with E-state index in [2.05, 4.69) is 59.7 Å². The molecule has 1 aliphatic carbocycles. The Labute approximate surface area is 148 Å². The molecule has 0 atom stereocenters. The van der Waals surface area contributed by atoms with Gasteiger partial charge in [0.2, 0.25) is 0 Å². The van der Waals surface area contributed by atoms with Crippen molar-refractivity contribution < 1.29 is 4.84 Å². The Balaban J connectivity index is 0.000000223. The second kappa shape index (κ2) is 7.02. The lowest BCUT2D eigenvalue weighted by Crippen LogP contribution is -2.03. The maximum atomic E-state index is 4.55. The summed E-state index contributed by atoms with van der Waals surface area (Å²) in [5.74, 6) is 0. The first-order valence-electron chi connectivity index (χ1n) is 9.00. The summed E-state index contributed by atoms with van der Waals surface area (Å²) in [7, 11) is 0. The van der Waals surface area contributed by atoms with Gasteiger partial charge in [-0.15, -0.1) is 0 Å². The van der Waals surface area contributed by atoms with Gasteiger partial charge in [0.15, 0.2) is 0 Å². The minimum absolute atomic E-state index is 1.25. The highest BCUT2D eigenvalue weighted by molar-refractivity contribution is 6.10. The molecule has 0 radical (unpaired) electrons. The van der Waals surface area contributed by atoms with E-state index >= 15 is 0 Å². The highest BCUT2D eigenvalue weighted by Crippen LogP contribution is 2.34. The molecule has 2 nitrogen and oxygen atoms in total. The molecule has 0 unspecified atom stereocenters. The molecule has 1 aliphatic heterocycles. The first-order valence-corrected chi connectivity index (χ1v) is 9.00. The van der Waals surface area contributed by atoms with E-state index in [4.69, 9.17) is 0 Å². The first-order chi connectivity index (χ1) is 12.3. The van der Waals surface area contributed by atoms with Gasteiger partial charge in [-0.05, 0) is 83.0 Å². The average Bonchev–Trinajstić information content (AvgIpc) is 2.70. The van der Waals surface area contributed by atoms with E-state index in [1.54, 1.807) is 29.7 Å². The second-order valence-electron chi connectivity index (χ2n) is 6.67. The zero-order valence-electron chi connectivity index (χ0n) is 14.6. The summed E-state index contributed by atoms with van der Waals surface area (Å²) in [5.41, 5.74) is 7.11. The van der Waals surface area contributed by atoms with Crippen molar-refractivity contribution in [2.24, 2.45) is 0 Å². The van der Waals surface area contributed by atoms with Gasteiger partial charge in [0.05, 0.1) is 0 Å². The van der Waals surface area contributed by atoms with E-state index in [-0.39, 0.29) is 0 Å². The summed E-state index contributed by atoms with van der Waals surface area (Å²) >= 11 is 0. The topological polar surface area (TPSA) is 21.3 Å². The van der Waals surface area contributed by atoms with Crippen LogP contribution >= 0.6 is 0 Å². The Morgan fingerprint density at radius 1 is 0.840 bits per heavy atom. The van der Waals surface area contributed by atoms with Crippen LogP contribution in [0.5, 0.6) is 0 Å². The number of fused-ring (bicyclic) bond motifs is 5. The summed E-state index contributed by atoms with van der Waals surface area (Å²) in [6.07, 6.45) is 12.1. The lowest BCUT2D eigenvalue weighted by molar-refractivity contribution is 0.172. The van der Waals surface area contributed by atoms with Crippen LogP contribution < -0.4 is 5.48 Å². The number of aryl methyl sites for hydroxylation is 3. The van der Waals surface area contributed by atoms with Gasteiger partial charge in [0.25, 0.3) is 0 Å². The molecule has 0 aromatic heterocycles. The second-order valence-corrected chi connectivity index (χ2v) is 6.67. The standard InChI is InChI=1S/C19H18.C4H5NO/c1-13-12-19-16-8-3-2-6-14(16)10-11-18(19)17-9-5-4-7-15(13)17;1-2-4-6-5-3-1/h4-5,7,9-12H,2-3,6,8H2,1H3;1-5H. The Morgan fingerprint density at radius 2 is 1.64 bits per heavy atom. The summed E-state index contributed by atoms with van der Waals surface area (Å²) in [6.45, 7) is 2.24. The molecular formula is C23H23NO. The Bertz CT molecular complexity index is 957. The van der Waals surface area contributed by atoms with Crippen LogP contribution in [0.2, 0.25) is 0 Å². The number of allylic oxidation sites excluding steroid dienone is 2. The summed E-state index contributed by atoms with van der Waals surface area (Å²) < 4.78 is 0. The van der Waals surface area contributed by atoms with Crippen LogP contribution in [0.4, 0.5) is 0 Å². The van der Waals surface area contributed by atoms with Crippen LogP contribution in [-0.4, -0.2) is 0 Å². The number of hydrogen-bond acceptors (Lipinski definition) is 2. The molecule has 2 aliphatic rings. The van der Waals surface area contributed by atoms with E-state index in [0.717, 1.165) is 0 Å². The van der Waals surface area contributed by atoms with Gasteiger partial charge in [-0.2, -0.15) is 0 Å². The third-order valence-corrected chi connectivity index (χ3v) is 5.07. The quantitative estimate of drug-likeness (QED) is 0.532. The molecule has 3 aromatic rings. The van der Waals surface area contributed by atoms with Gasteiger partial charge in [0, 0.05) is 6.20 Å². The van der Waals surface area contributed by atoms with Crippen LogP contribution in [0.3, 0.4) is 0 Å². The van der Waals surface area contributed by atoms with Crippen LogP contribution in [0, 0.1) is 6.92 Å². The zero-order chi connectivity index (χ0) is 17.1. The lowest BCUT2D eigenvalue weighted by atomic mass is 9.85. The molecule has 5 rings (SSSR count). The zero-order valence-corrected chi connectivity index (χ0v) is 14.6. The normalized spacial score (nSPS) is 15.1. The average molecular weight is 329 g/mol. The van der Waals surface area contributed by atoms with E-state index in [1.165, 1.54) is 52.8 Å². The molecule has 0 amide bonds. The van der Waals surface area contributed by atoms with Crippen molar-refractivity contribution >= 4 is 21.5 Å². The predicted octanol–water partition coefficient (Wildman–Crippen LogP) is 5.73. The molecule has 1 N–H and O–H groups in total. The maximum absolute atomic E-state index is 4.55. The van der Waals surface area contributed by atoms with Crippen LogP contribution in [0.1, 0.15) is 29.5 Å². The number of hydroxylamine groups is 1. The van der Waals surface area contributed by atoms with Gasteiger partial charge in [0.1, 0.15) is 6.26 Å². The summed E-state index contributed by atoms with van der Waals surface area (Å²) in [5, 5.41) is 5.73. The number of nitrogens with one attached hydrogen (secondary N) is 1. The third kappa shape index (κ3) is 3.12. The van der Waals surface area contributed by atoms with E-state index in [1.807, 2.05) is 6.08 Å². The SMILES string of the molecule is C1=CNOC=C1.Cc1cc2c3c(ccc2c2ccccc12)CCCC3. The fourth-order valence-corrected chi connectivity index (χ4v) is 3.87. The lowest BCUT2D eigenvalue weighted by Gasteiger charge is -2.19. The fraction of sp³-hybridized carbons (Fsp3) is 0.217. The maximum Gasteiger partial charge on any atom is 0.119 e. The first kappa shape index (κ1) is 15.8. The monoisotopic (exact) mass is 329 g/mol. The Morgan fingerprint density at radius 3 is 2.36 bits per heavy atom. The van der Waals surface area contributed by atoms with E-state index in [0.29, 0.717) is 0 Å². The van der Waals surface area contributed by atoms with Crippen LogP contribution in [0.15, 0.2) is 67.1 Å². The van der Waals surface area contributed by atoms with Crippen LogP contribution in [0.25, 0.3) is 21.5 Å². The largest absolute Gasteiger partial charge is 0.391 e. The summed E-state index contributed by atoms with van der Waals surface area (Å²) in [6, 6.07) is 15.9. The Hall–Kier alpha value is -2.74. The highest BCUT2D eigenvalue weighted by Gasteiger charge is 2.14. The highest BCUT2D eigenvalue weighted by atomic mass is 16.6. The van der Waals surface area contributed by atoms with Gasteiger partial charge >= 0.3 is 0 Å². The minimum atomic E-state index is 1.25. The molecule has 0 bridgehead atoms. The van der Waals surface area contributed by atoms with Gasteiger partial charge < -0.3 is 4.84 Å². The van der Waals surface area contributed by atoms with Gasteiger partial charge in [-0.1, -0.05) is 42.5 Å². The Kier molecular flexibility index (Phi) is 4.43. The van der Waals surface area contributed by atoms with Crippen molar-refractivity contribution in [3.63, 3.8) is 0 Å². The summed E-state index contributed by atoms with van der Waals surface area (Å²) in [4.78, 5) is 4.55. The fourth-order valence-electron chi connectivity index (χ4n) is 3.87. The van der Waals surface area contributed by atoms with Crippen molar-refractivity contribution in [2.75, 3.05) is 0 Å². The smallest absolute Gasteiger partial charge is 0.119 e. The molecular weight excluding hydrogens is 306 g/mol. The molecule has 2 heteroatoms. The third-order valence-electron chi connectivity index (χ3n) is 5.07. The van der Waals surface area contributed by atoms with Crippen LogP contribution in [-0.2, 0) is 17.7 Å². The van der Waals surface area contributed by atoms with Gasteiger partial charge in [-0.25, -0.2) is 5.48 Å². The van der Waals surface area contributed by atoms with E-state index < -0.39 is 0 Å². The molecule has 0 fully saturated rings. The molecule has 1 heterocycles. The molecule has 3 aromatic carbocycles. The van der Waals surface area contributed by atoms with Crippen molar-refractivity contribution in [3.05, 3.63) is 83.8 Å². The molecule has 25 heavy (non-hydrogen) atoms. The van der Waals surface area contributed by atoms with Crippen molar-refractivity contribution in [1.29, 1.82) is 0 Å². The van der Waals surface area contributed by atoms with Gasteiger partial charge in [-0.3, -0.25) is 0 Å². The predicted molar refractivity (Wildman–Crippen MR) is 105 cm³/mol. The van der Waals surface area contributed by atoms with Crippen molar-refractivity contribution in [2.45, 2.75) is 32.6 Å². The van der Waals surface area contributed by atoms with Crippen molar-refractivity contribution in [3.8, 4) is 0 Å². The molecule has 126 valence electrons. The van der Waals surface area contributed by atoms with Crippen molar-refractivity contribution in [1.82, 2.24) is 5.48 Å². The van der Waals surface area contributed by atoms with E-state index in [9.17, 15) is 0 Å². The number of rotatable bonds is 0. The number of benzene rings is 3.